The van der Waals surface area contributed by atoms with Gasteiger partial charge in [-0.15, -0.1) is 8.58 Å². The number of aliphatic hydroxyl groups excluding tert-OH is 1. The SMILES string of the molecule is C.C.C.CC(=O)[C@H]1CCCC[C@H]2[C@@H]3CC[C@@H]4C[C@](C)(O)CC[C@@H]4[C@H]3CC[C@]12C.CC(O)[C@H]1CCCC[C@H]2[C@@H]3CC[C@@H]4C[C@](C)(O)CC[C@@H]4[C@H]3CC[C@]12C.CPC.[2H]CC. The van der Waals surface area contributed by atoms with Crippen LogP contribution in [0, 0.1) is 81.8 Å². The van der Waals surface area contributed by atoms with E-state index in [-0.39, 0.29) is 33.8 Å². The van der Waals surface area contributed by atoms with Gasteiger partial charge in [0.1, 0.15) is 5.78 Å². The number of Topliss-reactive ketones (excluding diaryl/α,β-unsaturated/α-hetero) is 1. The van der Waals surface area contributed by atoms with Gasteiger partial charge in [-0.25, -0.2) is 0 Å². The Morgan fingerprint density at radius 3 is 1.41 bits per heavy atom. The first-order chi connectivity index (χ1) is 26.5. The van der Waals surface area contributed by atoms with Crippen LogP contribution in [-0.4, -0.2) is 51.7 Å². The lowest BCUT2D eigenvalue weighted by molar-refractivity contribution is -0.138. The molecule has 0 aromatic rings. The molecule has 5 heteroatoms. The monoisotopic (exact) mass is 836 g/mol. The molecule has 8 fully saturated rings. The lowest BCUT2D eigenvalue weighted by Gasteiger charge is -2.59. The summed E-state index contributed by atoms with van der Waals surface area (Å²) in [5, 5.41) is 31.6. The van der Waals surface area contributed by atoms with Crippen LogP contribution in [0.2, 0.25) is 0 Å². The molecule has 0 aromatic carbocycles. The standard InChI is InChI=1S/C23H40O2.C23H38O2.C2H7P.C2H6.3CH4/c2*1-15(24)20-6-4-5-7-21-19-9-8-16-14-22(2,25)12-10-17(16)18(19)11-13-23(20,21)3;1-3-2;1-2;;;/h15-21,24-25H,4-14H2,1-3H3;16-21,25H,4-14H2,1-3H3;3H,1-2H3;1-2H3;3*1H4/t15?,16-,17+,18-,19-,20-,21+,22-,23-;16-,17+,18-,19-,20-,21+,22-,23-;;;;;/m11...../s1/i;;;1D;;;. The van der Waals surface area contributed by atoms with Gasteiger partial charge in [0, 0.05) is 7.29 Å². The molecule has 17 atom stereocenters. The number of rotatable bonds is 2. The Morgan fingerprint density at radius 2 is 0.983 bits per heavy atom. The molecule has 8 aliphatic carbocycles. The zero-order valence-corrected chi connectivity index (χ0v) is 38.5. The summed E-state index contributed by atoms with van der Waals surface area (Å²) < 4.78 is 6.21. The van der Waals surface area contributed by atoms with E-state index in [1.165, 1.54) is 109 Å². The van der Waals surface area contributed by atoms with Crippen molar-refractivity contribution in [3.63, 3.8) is 0 Å². The van der Waals surface area contributed by atoms with Crippen LogP contribution in [0.3, 0.4) is 0 Å². The highest BCUT2D eigenvalue weighted by atomic mass is 31.1. The predicted octanol–water partition coefficient (Wildman–Crippen LogP) is 14.4. The lowest BCUT2D eigenvalue weighted by Crippen LogP contribution is -2.53. The number of hydrogen-bond donors (Lipinski definition) is 3. The van der Waals surface area contributed by atoms with E-state index in [1.54, 1.807) is 6.92 Å². The highest BCUT2D eigenvalue weighted by molar-refractivity contribution is 7.35. The van der Waals surface area contributed by atoms with Gasteiger partial charge in [0.2, 0.25) is 0 Å². The van der Waals surface area contributed by atoms with Crippen molar-refractivity contribution in [2.75, 3.05) is 13.3 Å². The molecule has 0 radical (unpaired) electrons. The van der Waals surface area contributed by atoms with Gasteiger partial charge in [-0.3, -0.25) is 4.79 Å². The minimum Gasteiger partial charge on any atom is -0.393 e. The topological polar surface area (TPSA) is 77.8 Å². The first kappa shape index (κ1) is 52.3. The maximum Gasteiger partial charge on any atom is 0.133 e. The third-order valence-electron chi connectivity index (χ3n) is 18.6. The van der Waals surface area contributed by atoms with E-state index in [0.717, 1.165) is 99.9 Å². The number of aliphatic hydroxyl groups is 3. The number of hydrogen-bond acceptors (Lipinski definition) is 4. The summed E-state index contributed by atoms with van der Waals surface area (Å²) in [6, 6.07) is 0. The molecule has 0 amide bonds. The normalized spacial score (nSPS) is 47.1. The smallest absolute Gasteiger partial charge is 0.133 e. The summed E-state index contributed by atoms with van der Waals surface area (Å²) in [5.74, 6) is 9.63. The molecule has 0 aliphatic heterocycles. The lowest BCUT2D eigenvalue weighted by atomic mass is 9.46. The Morgan fingerprint density at radius 1 is 0.603 bits per heavy atom. The largest absolute Gasteiger partial charge is 0.393 e. The summed E-state index contributed by atoms with van der Waals surface area (Å²) >= 11 is 0. The maximum absolute atomic E-state index is 12.4. The molecule has 0 heterocycles. The van der Waals surface area contributed by atoms with Crippen molar-refractivity contribution in [1.82, 2.24) is 0 Å². The van der Waals surface area contributed by atoms with Crippen LogP contribution >= 0.6 is 8.58 Å². The quantitative estimate of drug-likeness (QED) is 0.242. The second-order valence-electron chi connectivity index (χ2n) is 22.0. The highest BCUT2D eigenvalue weighted by Crippen LogP contribution is 2.64. The molecule has 0 bridgehead atoms. The fourth-order valence-corrected chi connectivity index (χ4v) is 16.4. The van der Waals surface area contributed by atoms with Crippen LogP contribution in [0.1, 0.15) is 220 Å². The van der Waals surface area contributed by atoms with Crippen molar-refractivity contribution in [1.29, 1.82) is 0 Å². The van der Waals surface area contributed by atoms with E-state index < -0.39 is 11.2 Å². The van der Waals surface area contributed by atoms with Crippen molar-refractivity contribution >= 4 is 14.4 Å². The van der Waals surface area contributed by atoms with Gasteiger partial charge in [-0.05, 0) is 233 Å². The van der Waals surface area contributed by atoms with Gasteiger partial charge in [0.25, 0.3) is 0 Å². The molecule has 0 spiro atoms. The second kappa shape index (κ2) is 22.6. The summed E-state index contributed by atoms with van der Waals surface area (Å²) in [7, 11) is 1.08. The zero-order chi connectivity index (χ0) is 41.1. The zero-order valence-electron chi connectivity index (χ0n) is 38.5. The molecule has 4 nitrogen and oxygen atoms in total. The van der Waals surface area contributed by atoms with Crippen LogP contribution in [-0.2, 0) is 4.79 Å². The Balaban J connectivity index is 0.000000344. The molecule has 8 saturated carbocycles. The van der Waals surface area contributed by atoms with Crippen LogP contribution in [0.15, 0.2) is 0 Å². The molecular formula is C53H103O4P. The highest BCUT2D eigenvalue weighted by Gasteiger charge is 2.57. The Labute approximate surface area is 366 Å². The van der Waals surface area contributed by atoms with Gasteiger partial charge in [0.05, 0.1) is 17.3 Å². The molecule has 58 heavy (non-hydrogen) atoms. The fraction of sp³-hybridized carbons (Fsp3) is 0.981. The van der Waals surface area contributed by atoms with Crippen LogP contribution < -0.4 is 0 Å². The molecule has 1 unspecified atom stereocenters. The van der Waals surface area contributed by atoms with Crippen LogP contribution in [0.25, 0.3) is 0 Å². The van der Waals surface area contributed by atoms with Crippen LogP contribution in [0.5, 0.6) is 0 Å². The first-order valence-electron chi connectivity index (χ1n) is 24.7. The van der Waals surface area contributed by atoms with E-state index in [0.29, 0.717) is 29.9 Å². The van der Waals surface area contributed by atoms with Crippen molar-refractivity contribution in [2.24, 2.45) is 81.8 Å². The molecule has 8 aliphatic rings. The summed E-state index contributed by atoms with van der Waals surface area (Å²) in [4.78, 5) is 12.4. The Kier molecular flexibility index (Phi) is 20.3. The molecule has 3 N–H and O–H groups in total. The fourth-order valence-electron chi connectivity index (χ4n) is 16.4. The van der Waals surface area contributed by atoms with Crippen molar-refractivity contribution in [3.8, 4) is 0 Å². The van der Waals surface area contributed by atoms with Gasteiger partial charge in [0.15, 0.2) is 0 Å². The Bertz CT molecular complexity index is 1240. The number of ketones is 1. The van der Waals surface area contributed by atoms with Gasteiger partial charge in [-0.2, -0.15) is 0 Å². The van der Waals surface area contributed by atoms with E-state index in [2.05, 4.69) is 41.0 Å². The molecule has 0 saturated heterocycles. The molecule has 344 valence electrons. The molecular weight excluding hydrogens is 732 g/mol. The minimum absolute atomic E-state index is 0. The van der Waals surface area contributed by atoms with E-state index in [1.807, 2.05) is 13.8 Å². The van der Waals surface area contributed by atoms with Crippen molar-refractivity contribution in [3.05, 3.63) is 0 Å². The number of carbonyl (C=O) groups is 1. The third-order valence-corrected chi connectivity index (χ3v) is 18.6. The second-order valence-corrected chi connectivity index (χ2v) is 23.0. The van der Waals surface area contributed by atoms with Gasteiger partial charge >= 0.3 is 0 Å². The van der Waals surface area contributed by atoms with E-state index >= 15 is 0 Å². The first-order valence-corrected chi connectivity index (χ1v) is 26.0. The number of carbonyl (C=O) groups excluding carboxylic acids is 1. The van der Waals surface area contributed by atoms with Crippen LogP contribution in [0.4, 0.5) is 0 Å². The van der Waals surface area contributed by atoms with Gasteiger partial charge in [-0.1, -0.05) is 75.6 Å². The van der Waals surface area contributed by atoms with Crippen molar-refractivity contribution in [2.45, 2.75) is 236 Å². The van der Waals surface area contributed by atoms with Gasteiger partial charge < -0.3 is 15.3 Å². The summed E-state index contributed by atoms with van der Waals surface area (Å²) in [6.45, 7) is 19.6. The van der Waals surface area contributed by atoms with Crippen molar-refractivity contribution < 1.29 is 21.5 Å². The Hall–Kier alpha value is -0.0200. The molecule has 0 aromatic heterocycles. The molecule has 8 rings (SSSR count). The maximum atomic E-state index is 12.4. The average Bonchev–Trinajstić information content (AvgIpc) is 3.42. The minimum atomic E-state index is -0.417. The summed E-state index contributed by atoms with van der Waals surface area (Å²) in [6.07, 6.45) is 27.5. The predicted molar refractivity (Wildman–Crippen MR) is 255 cm³/mol. The number of fused-ring (bicyclic) bond motifs is 10. The van der Waals surface area contributed by atoms with E-state index in [4.69, 9.17) is 1.37 Å². The summed E-state index contributed by atoms with van der Waals surface area (Å²) in [5.41, 5.74) is -0.203. The third kappa shape index (κ3) is 11.4. The average molecular weight is 836 g/mol. The van der Waals surface area contributed by atoms with E-state index in [9.17, 15) is 20.1 Å².